The number of carbonyl (C=O) groups excluding carboxylic acids is 2. The molecule has 1 aromatic rings. The lowest BCUT2D eigenvalue weighted by Gasteiger charge is -2.43. The van der Waals surface area contributed by atoms with E-state index in [4.69, 9.17) is 0 Å². The van der Waals surface area contributed by atoms with Crippen molar-refractivity contribution in [3.05, 3.63) is 35.6 Å². The van der Waals surface area contributed by atoms with Crippen LogP contribution < -0.4 is 0 Å². The van der Waals surface area contributed by atoms with Crippen molar-refractivity contribution < 1.29 is 14.0 Å². The standard InChI is InChI=1S/C21H28FN3O2/c22-18-7-5-17(6-8-18)15-23-13-14-24(16-19(23)26)20(27)21(9-1-2-10-21)25-11-3-4-12-25/h5-8H,1-4,9-16H2. The number of hydrogen-bond acceptors (Lipinski definition) is 3. The van der Waals surface area contributed by atoms with Gasteiger partial charge in [-0.3, -0.25) is 14.5 Å². The average molecular weight is 373 g/mol. The number of rotatable bonds is 4. The Balaban J connectivity index is 1.41. The second kappa shape index (κ2) is 7.58. The Kier molecular flexibility index (Phi) is 5.17. The van der Waals surface area contributed by atoms with E-state index in [2.05, 4.69) is 4.90 Å². The van der Waals surface area contributed by atoms with Crippen LogP contribution >= 0.6 is 0 Å². The highest BCUT2D eigenvalue weighted by molar-refractivity contribution is 5.91. The number of amides is 2. The van der Waals surface area contributed by atoms with Crippen molar-refractivity contribution in [3.63, 3.8) is 0 Å². The zero-order valence-corrected chi connectivity index (χ0v) is 15.8. The summed E-state index contributed by atoms with van der Waals surface area (Å²) in [7, 11) is 0. The molecule has 0 unspecified atom stereocenters. The topological polar surface area (TPSA) is 43.9 Å². The van der Waals surface area contributed by atoms with Crippen LogP contribution in [-0.2, 0) is 16.1 Å². The van der Waals surface area contributed by atoms with Gasteiger partial charge in [0, 0.05) is 19.6 Å². The molecule has 4 rings (SSSR count). The van der Waals surface area contributed by atoms with Crippen molar-refractivity contribution in [1.82, 2.24) is 14.7 Å². The monoisotopic (exact) mass is 373 g/mol. The average Bonchev–Trinajstić information content (AvgIpc) is 3.36. The fraction of sp³-hybridized carbons (Fsp3) is 0.619. The first-order valence-electron chi connectivity index (χ1n) is 10.2. The SMILES string of the molecule is O=C1CN(C(=O)C2(N3CCCC3)CCCC2)CCN1Cc1ccc(F)cc1. The number of hydrogen-bond donors (Lipinski definition) is 0. The van der Waals surface area contributed by atoms with Crippen molar-refractivity contribution in [1.29, 1.82) is 0 Å². The van der Waals surface area contributed by atoms with Gasteiger partial charge in [-0.15, -0.1) is 0 Å². The summed E-state index contributed by atoms with van der Waals surface area (Å²) >= 11 is 0. The smallest absolute Gasteiger partial charge is 0.243 e. The van der Waals surface area contributed by atoms with Crippen LogP contribution in [0.4, 0.5) is 4.39 Å². The zero-order valence-electron chi connectivity index (χ0n) is 15.8. The number of halogens is 1. The maximum atomic E-state index is 13.4. The number of likely N-dealkylation sites (tertiary alicyclic amines) is 1. The molecular weight excluding hydrogens is 345 g/mol. The van der Waals surface area contributed by atoms with E-state index in [1.54, 1.807) is 21.9 Å². The predicted octanol–water partition coefficient (Wildman–Crippen LogP) is 2.41. The molecule has 1 saturated carbocycles. The third-order valence-corrected chi connectivity index (χ3v) is 6.43. The Morgan fingerprint density at radius 3 is 2.26 bits per heavy atom. The Bertz CT molecular complexity index is 694. The fourth-order valence-corrected chi connectivity index (χ4v) is 4.92. The van der Waals surface area contributed by atoms with Crippen LogP contribution in [0.2, 0.25) is 0 Å². The first-order valence-corrected chi connectivity index (χ1v) is 10.2. The molecule has 6 heteroatoms. The molecule has 2 heterocycles. The fourth-order valence-electron chi connectivity index (χ4n) is 4.92. The minimum atomic E-state index is -0.365. The highest BCUT2D eigenvalue weighted by Gasteiger charge is 2.49. The van der Waals surface area contributed by atoms with E-state index >= 15 is 0 Å². The minimum absolute atomic E-state index is 0.0199. The molecule has 5 nitrogen and oxygen atoms in total. The van der Waals surface area contributed by atoms with Gasteiger partial charge < -0.3 is 9.80 Å². The summed E-state index contributed by atoms with van der Waals surface area (Å²) in [4.78, 5) is 32.0. The molecule has 146 valence electrons. The molecule has 0 aromatic heterocycles. The van der Waals surface area contributed by atoms with Gasteiger partial charge in [0.1, 0.15) is 11.4 Å². The molecule has 0 bridgehead atoms. The Morgan fingerprint density at radius 2 is 1.63 bits per heavy atom. The highest BCUT2D eigenvalue weighted by atomic mass is 19.1. The predicted molar refractivity (Wildman–Crippen MR) is 100 cm³/mol. The van der Waals surface area contributed by atoms with E-state index < -0.39 is 0 Å². The molecule has 27 heavy (non-hydrogen) atoms. The zero-order chi connectivity index (χ0) is 18.9. The summed E-state index contributed by atoms with van der Waals surface area (Å²) in [6, 6.07) is 6.25. The molecule has 2 saturated heterocycles. The molecule has 0 atom stereocenters. The first kappa shape index (κ1) is 18.4. The first-order chi connectivity index (χ1) is 13.1. The number of benzene rings is 1. The van der Waals surface area contributed by atoms with E-state index in [-0.39, 0.29) is 29.7 Å². The molecule has 1 aromatic carbocycles. The lowest BCUT2D eigenvalue weighted by atomic mass is 9.92. The van der Waals surface area contributed by atoms with Crippen LogP contribution in [0.1, 0.15) is 44.1 Å². The minimum Gasteiger partial charge on any atom is -0.335 e. The quantitative estimate of drug-likeness (QED) is 0.814. The van der Waals surface area contributed by atoms with Gasteiger partial charge in [0.25, 0.3) is 0 Å². The number of piperazine rings is 1. The Hall–Kier alpha value is -1.95. The van der Waals surface area contributed by atoms with E-state index in [0.717, 1.165) is 44.3 Å². The van der Waals surface area contributed by atoms with Crippen LogP contribution in [0.5, 0.6) is 0 Å². The van der Waals surface area contributed by atoms with Crippen molar-refractivity contribution in [2.45, 2.75) is 50.6 Å². The normalized spacial score (nSPS) is 23.2. The third kappa shape index (κ3) is 3.59. The van der Waals surface area contributed by atoms with E-state index in [1.807, 2.05) is 0 Å². The third-order valence-electron chi connectivity index (χ3n) is 6.43. The van der Waals surface area contributed by atoms with Crippen LogP contribution in [0, 0.1) is 5.82 Å². The van der Waals surface area contributed by atoms with Gasteiger partial charge in [0.2, 0.25) is 11.8 Å². The second-order valence-electron chi connectivity index (χ2n) is 8.10. The van der Waals surface area contributed by atoms with Crippen molar-refractivity contribution in [2.75, 3.05) is 32.7 Å². The van der Waals surface area contributed by atoms with E-state index in [9.17, 15) is 14.0 Å². The van der Waals surface area contributed by atoms with Gasteiger partial charge in [-0.1, -0.05) is 25.0 Å². The lowest BCUT2D eigenvalue weighted by molar-refractivity contribution is -0.153. The van der Waals surface area contributed by atoms with Gasteiger partial charge in [-0.25, -0.2) is 4.39 Å². The summed E-state index contributed by atoms with van der Waals surface area (Å²) in [6.07, 6.45) is 6.38. The maximum absolute atomic E-state index is 13.4. The number of nitrogens with zero attached hydrogens (tertiary/aromatic N) is 3. The summed E-state index contributed by atoms with van der Waals surface area (Å²) in [5.74, 6) is -0.130. The van der Waals surface area contributed by atoms with Crippen LogP contribution in [0.15, 0.2) is 24.3 Å². The molecule has 1 aliphatic carbocycles. The molecular formula is C21H28FN3O2. The number of carbonyl (C=O) groups is 2. The van der Waals surface area contributed by atoms with Crippen LogP contribution in [0.25, 0.3) is 0 Å². The molecule has 2 aliphatic heterocycles. The van der Waals surface area contributed by atoms with Crippen LogP contribution in [0.3, 0.4) is 0 Å². The Labute approximate surface area is 160 Å². The lowest BCUT2D eigenvalue weighted by Crippen LogP contribution is -2.61. The molecule has 0 N–H and O–H groups in total. The largest absolute Gasteiger partial charge is 0.335 e. The summed E-state index contributed by atoms with van der Waals surface area (Å²) in [6.45, 7) is 3.77. The van der Waals surface area contributed by atoms with E-state index in [0.29, 0.717) is 19.6 Å². The van der Waals surface area contributed by atoms with Gasteiger partial charge >= 0.3 is 0 Å². The van der Waals surface area contributed by atoms with E-state index in [1.165, 1.54) is 25.0 Å². The summed E-state index contributed by atoms with van der Waals surface area (Å²) in [5, 5.41) is 0. The van der Waals surface area contributed by atoms with Gasteiger partial charge in [-0.2, -0.15) is 0 Å². The van der Waals surface area contributed by atoms with Crippen molar-refractivity contribution >= 4 is 11.8 Å². The highest BCUT2D eigenvalue weighted by Crippen LogP contribution is 2.39. The Morgan fingerprint density at radius 1 is 0.963 bits per heavy atom. The van der Waals surface area contributed by atoms with Gasteiger partial charge in [-0.05, 0) is 56.5 Å². The summed E-state index contributed by atoms with van der Waals surface area (Å²) < 4.78 is 13.1. The second-order valence-corrected chi connectivity index (χ2v) is 8.10. The van der Waals surface area contributed by atoms with Gasteiger partial charge in [0.15, 0.2) is 0 Å². The van der Waals surface area contributed by atoms with Crippen LogP contribution in [-0.4, -0.2) is 64.8 Å². The summed E-state index contributed by atoms with van der Waals surface area (Å²) in [5.41, 5.74) is 0.546. The molecule has 3 fully saturated rings. The van der Waals surface area contributed by atoms with Crippen molar-refractivity contribution in [3.8, 4) is 0 Å². The van der Waals surface area contributed by atoms with Crippen molar-refractivity contribution in [2.24, 2.45) is 0 Å². The molecule has 3 aliphatic rings. The maximum Gasteiger partial charge on any atom is 0.243 e. The molecule has 2 amide bonds. The molecule has 0 spiro atoms. The molecule has 0 radical (unpaired) electrons. The van der Waals surface area contributed by atoms with Gasteiger partial charge in [0.05, 0.1) is 6.54 Å².